The van der Waals surface area contributed by atoms with Crippen molar-refractivity contribution in [3.05, 3.63) is 0 Å². The Balaban J connectivity index is 3.29. The Bertz CT molecular complexity index is 333. The smallest absolute Gasteiger partial charge is 0.0443 e. The van der Waals surface area contributed by atoms with Crippen LogP contribution in [0.3, 0.4) is 0 Å². The van der Waals surface area contributed by atoms with Crippen molar-refractivity contribution in [2.24, 2.45) is 17.8 Å². The molecule has 0 aromatic heterocycles. The molecule has 0 rings (SSSR count). The number of hydrogen-bond acceptors (Lipinski definition) is 0. The van der Waals surface area contributed by atoms with Crippen LogP contribution in [0.5, 0.6) is 0 Å². The summed E-state index contributed by atoms with van der Waals surface area (Å²) in [5.74, 6) is 2.87. The lowest BCUT2D eigenvalue weighted by Gasteiger charge is -2.14. The first-order valence-electron chi connectivity index (χ1n) is 15.6. The number of unbranched alkanes of at least 4 members (excludes halogenated alkanes) is 14. The lowest BCUT2D eigenvalue weighted by molar-refractivity contribution is 0.393. The highest BCUT2D eigenvalue weighted by Crippen LogP contribution is 2.22. The van der Waals surface area contributed by atoms with Crippen LogP contribution in [0.25, 0.3) is 0 Å². The Kier molecular flexibility index (Phi) is 25.6. The van der Waals surface area contributed by atoms with Gasteiger partial charge in [-0.05, 0) is 17.8 Å². The van der Waals surface area contributed by atoms with E-state index in [1.54, 1.807) is 0 Å². The molecule has 0 nitrogen and oxygen atoms in total. The summed E-state index contributed by atoms with van der Waals surface area (Å²) in [6.07, 6.45) is 35.1. The summed E-state index contributed by atoms with van der Waals surface area (Å²) >= 11 is 0. The minimum Gasteiger partial charge on any atom is -0.0654 e. The van der Waals surface area contributed by atoms with Crippen molar-refractivity contribution in [3.8, 4) is 0 Å². The van der Waals surface area contributed by atoms with E-state index in [0.717, 1.165) is 17.8 Å². The van der Waals surface area contributed by atoms with Crippen LogP contribution >= 0.6 is 0 Å². The molecule has 0 saturated heterocycles. The average molecular weight is 451 g/mol. The van der Waals surface area contributed by atoms with Crippen LogP contribution in [0.2, 0.25) is 0 Å². The molecule has 0 radical (unpaired) electrons. The van der Waals surface area contributed by atoms with Crippen LogP contribution in [-0.2, 0) is 0 Å². The third-order valence-electron chi connectivity index (χ3n) is 7.89. The van der Waals surface area contributed by atoms with E-state index in [9.17, 15) is 0 Å². The van der Waals surface area contributed by atoms with E-state index in [-0.39, 0.29) is 0 Å². The zero-order chi connectivity index (χ0) is 23.7. The van der Waals surface area contributed by atoms with Crippen LogP contribution < -0.4 is 0 Å². The van der Waals surface area contributed by atoms with E-state index in [0.29, 0.717) is 0 Å². The van der Waals surface area contributed by atoms with Gasteiger partial charge in [0, 0.05) is 0 Å². The molecule has 0 N–H and O–H groups in total. The molecule has 0 aromatic carbocycles. The molecule has 194 valence electrons. The first kappa shape index (κ1) is 32.0. The van der Waals surface area contributed by atoms with Crippen LogP contribution in [-0.4, -0.2) is 0 Å². The predicted molar refractivity (Wildman–Crippen MR) is 150 cm³/mol. The molecular formula is C32H66. The van der Waals surface area contributed by atoms with E-state index in [1.807, 2.05) is 0 Å². The zero-order valence-corrected chi connectivity index (χ0v) is 23.7. The van der Waals surface area contributed by atoms with Crippen molar-refractivity contribution >= 4 is 0 Å². The Morgan fingerprint density at radius 2 is 0.531 bits per heavy atom. The van der Waals surface area contributed by atoms with E-state index in [2.05, 4.69) is 34.6 Å². The van der Waals surface area contributed by atoms with Crippen molar-refractivity contribution in [2.75, 3.05) is 0 Å². The Morgan fingerprint density at radius 3 is 0.875 bits per heavy atom. The topological polar surface area (TPSA) is 0 Å². The van der Waals surface area contributed by atoms with E-state index in [1.165, 1.54) is 154 Å². The summed E-state index contributed by atoms with van der Waals surface area (Å²) in [5.41, 5.74) is 0. The third-order valence-corrected chi connectivity index (χ3v) is 7.89. The van der Waals surface area contributed by atoms with Crippen LogP contribution in [0.4, 0.5) is 0 Å². The molecule has 0 bridgehead atoms. The van der Waals surface area contributed by atoms with E-state index in [4.69, 9.17) is 0 Å². The monoisotopic (exact) mass is 451 g/mol. The Labute approximate surface area is 206 Å². The molecule has 3 unspecified atom stereocenters. The molecule has 0 amide bonds. The molecule has 0 fully saturated rings. The van der Waals surface area contributed by atoms with Crippen LogP contribution in [0.15, 0.2) is 0 Å². The first-order valence-corrected chi connectivity index (χ1v) is 15.6. The van der Waals surface area contributed by atoms with Crippen molar-refractivity contribution in [1.29, 1.82) is 0 Å². The number of hydrogen-bond donors (Lipinski definition) is 0. The van der Waals surface area contributed by atoms with Crippen LogP contribution in [0.1, 0.15) is 189 Å². The second-order valence-corrected chi connectivity index (χ2v) is 11.7. The maximum Gasteiger partial charge on any atom is -0.0443 e. The summed E-state index contributed by atoms with van der Waals surface area (Å²) in [4.78, 5) is 0. The van der Waals surface area contributed by atoms with Gasteiger partial charge in [-0.15, -0.1) is 0 Å². The third kappa shape index (κ3) is 24.6. The van der Waals surface area contributed by atoms with E-state index < -0.39 is 0 Å². The molecule has 0 aliphatic heterocycles. The standard InChI is InChI=1S/C32H66/c1-6-8-10-11-12-14-17-20-25-31(4)26-21-18-15-13-16-19-22-27-32(5)29-23-28-30(3)24-9-7-2/h30-32H,6-29H2,1-5H3. The summed E-state index contributed by atoms with van der Waals surface area (Å²) in [6.45, 7) is 12.1. The second kappa shape index (κ2) is 25.6. The molecule has 32 heavy (non-hydrogen) atoms. The highest BCUT2D eigenvalue weighted by molar-refractivity contribution is 4.59. The average Bonchev–Trinajstić information content (AvgIpc) is 2.78. The Hall–Kier alpha value is 0. The molecule has 3 atom stereocenters. The molecule has 0 heteroatoms. The maximum atomic E-state index is 2.49. The molecule has 0 aliphatic carbocycles. The van der Waals surface area contributed by atoms with Gasteiger partial charge in [0.15, 0.2) is 0 Å². The zero-order valence-electron chi connectivity index (χ0n) is 23.7. The summed E-state index contributed by atoms with van der Waals surface area (Å²) in [5, 5.41) is 0. The molecule has 0 saturated carbocycles. The fourth-order valence-corrected chi connectivity index (χ4v) is 5.30. The molecule has 0 heterocycles. The van der Waals surface area contributed by atoms with Gasteiger partial charge in [0.05, 0.1) is 0 Å². The second-order valence-electron chi connectivity index (χ2n) is 11.7. The quantitative estimate of drug-likeness (QED) is 0.115. The van der Waals surface area contributed by atoms with Gasteiger partial charge in [0.25, 0.3) is 0 Å². The SMILES string of the molecule is CCCCCCCCCCC(C)CCCCCCCCCC(C)CCCC(C)CCCC. The normalized spacial score (nSPS) is 14.5. The van der Waals surface area contributed by atoms with Crippen molar-refractivity contribution in [3.63, 3.8) is 0 Å². The Morgan fingerprint density at radius 1 is 0.281 bits per heavy atom. The minimum absolute atomic E-state index is 0.954. The summed E-state index contributed by atoms with van der Waals surface area (Å²) in [7, 11) is 0. The maximum absolute atomic E-state index is 2.49. The lowest BCUT2D eigenvalue weighted by atomic mass is 9.92. The largest absolute Gasteiger partial charge is 0.0654 e. The molecule has 0 spiro atoms. The van der Waals surface area contributed by atoms with Gasteiger partial charge in [-0.1, -0.05) is 189 Å². The van der Waals surface area contributed by atoms with Crippen molar-refractivity contribution < 1.29 is 0 Å². The van der Waals surface area contributed by atoms with Crippen LogP contribution in [0, 0.1) is 17.8 Å². The van der Waals surface area contributed by atoms with Crippen molar-refractivity contribution in [2.45, 2.75) is 189 Å². The van der Waals surface area contributed by atoms with Gasteiger partial charge in [-0.3, -0.25) is 0 Å². The molecular weight excluding hydrogens is 384 g/mol. The van der Waals surface area contributed by atoms with Gasteiger partial charge in [0.2, 0.25) is 0 Å². The fourth-order valence-electron chi connectivity index (χ4n) is 5.30. The van der Waals surface area contributed by atoms with Gasteiger partial charge in [-0.25, -0.2) is 0 Å². The minimum atomic E-state index is 0.954. The van der Waals surface area contributed by atoms with Gasteiger partial charge >= 0.3 is 0 Å². The highest BCUT2D eigenvalue weighted by Gasteiger charge is 2.06. The highest BCUT2D eigenvalue weighted by atomic mass is 14.1. The van der Waals surface area contributed by atoms with Gasteiger partial charge < -0.3 is 0 Å². The molecule has 0 aliphatic rings. The summed E-state index contributed by atoms with van der Waals surface area (Å²) < 4.78 is 0. The predicted octanol–water partition coefficient (Wildman–Crippen LogP) is 12.3. The van der Waals surface area contributed by atoms with Crippen molar-refractivity contribution in [1.82, 2.24) is 0 Å². The molecule has 0 aromatic rings. The first-order chi connectivity index (χ1) is 15.6. The van der Waals surface area contributed by atoms with E-state index >= 15 is 0 Å². The van der Waals surface area contributed by atoms with Gasteiger partial charge in [-0.2, -0.15) is 0 Å². The summed E-state index contributed by atoms with van der Waals surface area (Å²) in [6, 6.07) is 0. The lowest BCUT2D eigenvalue weighted by Crippen LogP contribution is -1.99. The van der Waals surface area contributed by atoms with Gasteiger partial charge in [0.1, 0.15) is 0 Å². The number of rotatable bonds is 26. The fraction of sp³-hybridized carbons (Fsp3) is 1.00.